The molecule has 0 saturated heterocycles. The number of methoxy groups -OCH3 is 1. The molecule has 0 unspecified atom stereocenters. The number of H-pyrrole nitrogens is 1. The van der Waals surface area contributed by atoms with Crippen LogP contribution in [-0.4, -0.2) is 47.3 Å². The molecule has 0 saturated carbocycles. The van der Waals surface area contributed by atoms with Crippen LogP contribution in [0.5, 0.6) is 5.88 Å². The molecule has 28 heavy (non-hydrogen) atoms. The van der Waals surface area contributed by atoms with E-state index in [1.807, 2.05) is 6.92 Å². The number of aromatic nitrogens is 3. The highest BCUT2D eigenvalue weighted by molar-refractivity contribution is 6.08. The third kappa shape index (κ3) is 4.39. The maximum absolute atomic E-state index is 13.3. The number of nitrogens with zero attached hydrogens (tertiary/aromatic N) is 3. The Labute approximate surface area is 161 Å². The van der Waals surface area contributed by atoms with E-state index in [0.717, 1.165) is 0 Å². The van der Waals surface area contributed by atoms with Crippen molar-refractivity contribution >= 4 is 17.4 Å². The summed E-state index contributed by atoms with van der Waals surface area (Å²) in [6.45, 7) is 4.47. The van der Waals surface area contributed by atoms with Crippen LogP contribution in [0, 0.1) is 0 Å². The standard InChI is InChI=1S/C18H25N5O5/c1-4-9-23-14(19)13(15(24)21-18(23)26)22(10-11-27-3)17(25)12-7-6-8-20-16(12)28-5-2/h6-8H,4-5,9-11,19H2,1-3H3,(H,21,24,26). The van der Waals surface area contributed by atoms with Gasteiger partial charge in [0.25, 0.3) is 11.5 Å². The van der Waals surface area contributed by atoms with Crippen LogP contribution in [0.15, 0.2) is 27.9 Å². The van der Waals surface area contributed by atoms with Crippen molar-refractivity contribution in [3.63, 3.8) is 0 Å². The number of carbonyl (C=O) groups is 1. The summed E-state index contributed by atoms with van der Waals surface area (Å²) in [6.07, 6.45) is 2.13. The van der Waals surface area contributed by atoms with E-state index in [1.54, 1.807) is 19.1 Å². The maximum Gasteiger partial charge on any atom is 0.330 e. The molecule has 2 aromatic rings. The first-order valence-corrected chi connectivity index (χ1v) is 8.97. The van der Waals surface area contributed by atoms with Gasteiger partial charge in [-0.15, -0.1) is 0 Å². The van der Waals surface area contributed by atoms with E-state index in [4.69, 9.17) is 15.2 Å². The van der Waals surface area contributed by atoms with Gasteiger partial charge in [0.15, 0.2) is 5.69 Å². The van der Waals surface area contributed by atoms with E-state index in [0.29, 0.717) is 19.6 Å². The molecule has 2 aromatic heterocycles. The predicted octanol–water partition coefficient (Wildman–Crippen LogP) is 0.616. The number of anilines is 2. The van der Waals surface area contributed by atoms with Crippen LogP contribution in [0.3, 0.4) is 0 Å². The minimum Gasteiger partial charge on any atom is -0.477 e. The van der Waals surface area contributed by atoms with Crippen molar-refractivity contribution in [2.24, 2.45) is 0 Å². The lowest BCUT2D eigenvalue weighted by molar-refractivity contribution is 0.0971. The van der Waals surface area contributed by atoms with Crippen molar-refractivity contribution in [3.8, 4) is 5.88 Å². The molecule has 2 heterocycles. The summed E-state index contributed by atoms with van der Waals surface area (Å²) in [5.41, 5.74) is 4.81. The minimum atomic E-state index is -0.749. The van der Waals surface area contributed by atoms with Gasteiger partial charge in [0, 0.05) is 26.4 Å². The molecule has 0 aliphatic rings. The molecule has 0 aromatic carbocycles. The fourth-order valence-corrected chi connectivity index (χ4v) is 2.73. The number of pyridine rings is 1. The topological polar surface area (TPSA) is 133 Å². The normalized spacial score (nSPS) is 10.7. The van der Waals surface area contributed by atoms with Gasteiger partial charge in [-0.25, -0.2) is 9.78 Å². The second-order valence-electron chi connectivity index (χ2n) is 5.88. The van der Waals surface area contributed by atoms with Gasteiger partial charge in [0.2, 0.25) is 5.88 Å². The lowest BCUT2D eigenvalue weighted by Crippen LogP contribution is -2.42. The fraction of sp³-hybridized carbons (Fsp3) is 0.444. The molecule has 10 heteroatoms. The van der Waals surface area contributed by atoms with Crippen molar-refractivity contribution < 1.29 is 14.3 Å². The van der Waals surface area contributed by atoms with Crippen LogP contribution in [0.4, 0.5) is 11.5 Å². The molecule has 0 radical (unpaired) electrons. The monoisotopic (exact) mass is 391 g/mol. The van der Waals surface area contributed by atoms with Gasteiger partial charge in [0.1, 0.15) is 11.4 Å². The van der Waals surface area contributed by atoms with Crippen molar-refractivity contribution in [3.05, 3.63) is 44.7 Å². The van der Waals surface area contributed by atoms with Crippen molar-refractivity contribution in [1.29, 1.82) is 0 Å². The van der Waals surface area contributed by atoms with Crippen molar-refractivity contribution in [2.75, 3.05) is 37.5 Å². The third-order valence-corrected chi connectivity index (χ3v) is 3.98. The number of ether oxygens (including phenoxy) is 2. The molecule has 3 N–H and O–H groups in total. The van der Waals surface area contributed by atoms with E-state index >= 15 is 0 Å². The Morgan fingerprint density at radius 3 is 2.75 bits per heavy atom. The molecular weight excluding hydrogens is 366 g/mol. The molecule has 1 amide bonds. The number of rotatable bonds is 9. The van der Waals surface area contributed by atoms with Gasteiger partial charge in [-0.05, 0) is 25.5 Å². The van der Waals surface area contributed by atoms with Gasteiger partial charge >= 0.3 is 5.69 Å². The van der Waals surface area contributed by atoms with E-state index in [9.17, 15) is 14.4 Å². The van der Waals surface area contributed by atoms with Crippen LogP contribution < -0.4 is 26.6 Å². The lowest BCUT2D eigenvalue weighted by atomic mass is 10.2. The minimum absolute atomic E-state index is 0.0490. The largest absolute Gasteiger partial charge is 0.477 e. The summed E-state index contributed by atoms with van der Waals surface area (Å²) >= 11 is 0. The highest BCUT2D eigenvalue weighted by Gasteiger charge is 2.27. The lowest BCUT2D eigenvalue weighted by Gasteiger charge is -2.24. The Morgan fingerprint density at radius 2 is 2.11 bits per heavy atom. The number of nitrogens with two attached hydrogens (primary N) is 1. The third-order valence-electron chi connectivity index (χ3n) is 3.98. The second-order valence-corrected chi connectivity index (χ2v) is 5.88. The summed E-state index contributed by atoms with van der Waals surface area (Å²) in [7, 11) is 1.48. The molecule has 0 spiro atoms. The maximum atomic E-state index is 13.3. The van der Waals surface area contributed by atoms with Crippen LogP contribution in [0.1, 0.15) is 30.6 Å². The Balaban J connectivity index is 2.62. The van der Waals surface area contributed by atoms with Gasteiger partial charge in [-0.1, -0.05) is 6.92 Å². The molecule has 0 aliphatic carbocycles. The molecule has 0 aliphatic heterocycles. The van der Waals surface area contributed by atoms with E-state index < -0.39 is 17.2 Å². The summed E-state index contributed by atoms with van der Waals surface area (Å²) in [5, 5.41) is 0. The average Bonchev–Trinajstić information content (AvgIpc) is 2.67. The number of aromatic amines is 1. The molecule has 0 bridgehead atoms. The van der Waals surface area contributed by atoms with Crippen LogP contribution >= 0.6 is 0 Å². The number of hydrogen-bond acceptors (Lipinski definition) is 7. The molecule has 0 fully saturated rings. The smallest absolute Gasteiger partial charge is 0.330 e. The number of nitrogens with one attached hydrogen (secondary N) is 1. The first-order valence-electron chi connectivity index (χ1n) is 8.97. The van der Waals surface area contributed by atoms with E-state index in [2.05, 4.69) is 9.97 Å². The van der Waals surface area contributed by atoms with Crippen LogP contribution in [-0.2, 0) is 11.3 Å². The molecule has 2 rings (SSSR count). The Morgan fingerprint density at radius 1 is 1.36 bits per heavy atom. The van der Waals surface area contributed by atoms with Crippen molar-refractivity contribution in [2.45, 2.75) is 26.8 Å². The van der Waals surface area contributed by atoms with Crippen LogP contribution in [0.25, 0.3) is 0 Å². The number of carbonyl (C=O) groups excluding carboxylic acids is 1. The molecule has 152 valence electrons. The average molecular weight is 391 g/mol. The Kier molecular flexibility index (Phi) is 7.33. The first-order chi connectivity index (χ1) is 13.5. The van der Waals surface area contributed by atoms with Gasteiger partial charge < -0.3 is 15.2 Å². The zero-order valence-corrected chi connectivity index (χ0v) is 16.2. The zero-order valence-electron chi connectivity index (χ0n) is 16.2. The SMILES string of the molecule is CCCn1c(N)c(N(CCOC)C(=O)c2cccnc2OCC)c(=O)[nH]c1=O. The fourth-order valence-electron chi connectivity index (χ4n) is 2.73. The van der Waals surface area contributed by atoms with Crippen LogP contribution in [0.2, 0.25) is 0 Å². The van der Waals surface area contributed by atoms with Gasteiger partial charge in [-0.2, -0.15) is 0 Å². The highest BCUT2D eigenvalue weighted by atomic mass is 16.5. The zero-order chi connectivity index (χ0) is 20.7. The summed E-state index contributed by atoms with van der Waals surface area (Å²) in [4.78, 5) is 45.4. The predicted molar refractivity (Wildman–Crippen MR) is 105 cm³/mol. The number of hydrogen-bond donors (Lipinski definition) is 2. The molecule has 0 atom stereocenters. The van der Waals surface area contributed by atoms with Gasteiger partial charge in [0.05, 0.1) is 13.2 Å². The highest BCUT2D eigenvalue weighted by Crippen LogP contribution is 2.23. The van der Waals surface area contributed by atoms with Gasteiger partial charge in [-0.3, -0.25) is 24.0 Å². The van der Waals surface area contributed by atoms with E-state index in [1.165, 1.54) is 22.8 Å². The molecule has 10 nitrogen and oxygen atoms in total. The number of nitrogen functional groups attached to an aromatic ring is 1. The Hall–Kier alpha value is -3.14. The summed E-state index contributed by atoms with van der Waals surface area (Å²) in [6, 6.07) is 3.14. The Bertz CT molecular complexity index is 937. The quantitative estimate of drug-likeness (QED) is 0.640. The van der Waals surface area contributed by atoms with E-state index in [-0.39, 0.29) is 36.1 Å². The van der Waals surface area contributed by atoms with Crippen molar-refractivity contribution in [1.82, 2.24) is 14.5 Å². The first kappa shape index (κ1) is 21.2. The summed E-state index contributed by atoms with van der Waals surface area (Å²) in [5.74, 6) is -0.469. The number of amides is 1. The second kappa shape index (κ2) is 9.70. The molecular formula is C18H25N5O5. The summed E-state index contributed by atoms with van der Waals surface area (Å²) < 4.78 is 11.7.